The molecule has 1 saturated heterocycles. The van der Waals surface area contributed by atoms with Crippen molar-refractivity contribution in [1.82, 2.24) is 24.6 Å². The van der Waals surface area contributed by atoms with Crippen LogP contribution in [-0.2, 0) is 13.1 Å². The summed E-state index contributed by atoms with van der Waals surface area (Å²) in [6.07, 6.45) is 16.1. The molecule has 0 spiro atoms. The maximum atomic E-state index is 4.38. The number of likely N-dealkylation sites (tertiary alicyclic amines) is 1. The van der Waals surface area contributed by atoms with Crippen LogP contribution in [0.15, 0.2) is 61.2 Å². The molecule has 0 atom stereocenters. The first-order valence-electron chi connectivity index (χ1n) is 12.7. The summed E-state index contributed by atoms with van der Waals surface area (Å²) in [4.78, 5) is 9.79. The Morgan fingerprint density at radius 3 is 2.52 bits per heavy atom. The van der Waals surface area contributed by atoms with Gasteiger partial charge in [0, 0.05) is 50.5 Å². The van der Waals surface area contributed by atoms with Crippen molar-refractivity contribution >= 4 is 0 Å². The second kappa shape index (κ2) is 10.6. The molecule has 5 nitrogen and oxygen atoms in total. The van der Waals surface area contributed by atoms with Gasteiger partial charge < -0.3 is 4.90 Å². The van der Waals surface area contributed by atoms with Gasteiger partial charge in [-0.1, -0.05) is 25.0 Å². The molecule has 5 heteroatoms. The Morgan fingerprint density at radius 2 is 1.82 bits per heavy atom. The molecule has 0 amide bonds. The Kier molecular flexibility index (Phi) is 7.18. The van der Waals surface area contributed by atoms with E-state index in [9.17, 15) is 0 Å². The van der Waals surface area contributed by atoms with E-state index in [2.05, 4.69) is 57.1 Å². The lowest BCUT2D eigenvalue weighted by Crippen LogP contribution is -2.42. The normalized spacial score (nSPS) is 18.4. The predicted molar refractivity (Wildman–Crippen MR) is 133 cm³/mol. The van der Waals surface area contributed by atoms with Crippen LogP contribution in [0.2, 0.25) is 0 Å². The van der Waals surface area contributed by atoms with E-state index in [1.807, 2.05) is 35.5 Å². The molecular formula is C28H37N5. The highest BCUT2D eigenvalue weighted by molar-refractivity contribution is 5.39. The number of hydrogen-bond donors (Lipinski definition) is 0. The maximum Gasteiger partial charge on any atom is 0.0648 e. The molecule has 0 bridgehead atoms. The fourth-order valence-electron chi connectivity index (χ4n) is 5.73. The van der Waals surface area contributed by atoms with Gasteiger partial charge in [0.2, 0.25) is 0 Å². The molecule has 3 heterocycles. The molecule has 33 heavy (non-hydrogen) atoms. The number of hydrogen-bond acceptors (Lipinski definition) is 4. The van der Waals surface area contributed by atoms with Crippen molar-refractivity contribution in [2.75, 3.05) is 19.6 Å². The Morgan fingerprint density at radius 1 is 0.970 bits per heavy atom. The fourth-order valence-corrected chi connectivity index (χ4v) is 5.73. The van der Waals surface area contributed by atoms with Crippen LogP contribution in [0.1, 0.15) is 55.2 Å². The lowest BCUT2D eigenvalue weighted by Gasteiger charge is -2.38. The standard InChI is InChI=1S/C28H37N5/c1-23-18-28(33-15-5-14-30-33)10-9-26(23)22-31(21-25-6-4-13-29-19-25)20-24-11-16-32(17-12-24)27-7-2-3-8-27/h4-6,9-10,13-15,18-19,24,27H,2-3,7-8,11-12,16-17,20-22H2,1H3. The zero-order valence-corrected chi connectivity index (χ0v) is 19.9. The van der Waals surface area contributed by atoms with Gasteiger partial charge >= 0.3 is 0 Å². The number of piperidine rings is 1. The SMILES string of the molecule is Cc1cc(-n2cccn2)ccc1CN(Cc1cccnc1)CC1CCN(C2CCCC2)CC1. The highest BCUT2D eigenvalue weighted by atomic mass is 15.3. The molecule has 1 saturated carbocycles. The van der Waals surface area contributed by atoms with E-state index in [1.54, 1.807) is 0 Å². The summed E-state index contributed by atoms with van der Waals surface area (Å²) in [5.74, 6) is 0.781. The smallest absolute Gasteiger partial charge is 0.0648 e. The Labute approximate surface area is 198 Å². The van der Waals surface area contributed by atoms with Crippen LogP contribution in [-0.4, -0.2) is 50.2 Å². The molecule has 1 aliphatic heterocycles. The highest BCUT2D eigenvalue weighted by Gasteiger charge is 2.28. The van der Waals surface area contributed by atoms with Crippen molar-refractivity contribution in [3.8, 4) is 5.69 Å². The van der Waals surface area contributed by atoms with Crippen LogP contribution >= 0.6 is 0 Å². The van der Waals surface area contributed by atoms with Gasteiger partial charge in [0.15, 0.2) is 0 Å². The second-order valence-corrected chi connectivity index (χ2v) is 10.0. The van der Waals surface area contributed by atoms with E-state index in [-0.39, 0.29) is 0 Å². The van der Waals surface area contributed by atoms with Gasteiger partial charge in [-0.3, -0.25) is 9.88 Å². The lowest BCUT2D eigenvalue weighted by atomic mass is 9.94. The zero-order chi connectivity index (χ0) is 22.5. The topological polar surface area (TPSA) is 37.2 Å². The molecule has 5 rings (SSSR count). The van der Waals surface area contributed by atoms with Gasteiger partial charge in [-0.25, -0.2) is 4.68 Å². The van der Waals surface area contributed by atoms with Crippen LogP contribution in [0, 0.1) is 12.8 Å². The molecular weight excluding hydrogens is 406 g/mol. The van der Waals surface area contributed by atoms with Crippen molar-refractivity contribution in [2.24, 2.45) is 5.92 Å². The number of aromatic nitrogens is 3. The van der Waals surface area contributed by atoms with E-state index >= 15 is 0 Å². The van der Waals surface area contributed by atoms with Crippen LogP contribution in [0.25, 0.3) is 5.69 Å². The average Bonchev–Trinajstić information content (AvgIpc) is 3.56. The van der Waals surface area contributed by atoms with Gasteiger partial charge in [0.05, 0.1) is 5.69 Å². The quantitative estimate of drug-likeness (QED) is 0.478. The van der Waals surface area contributed by atoms with Crippen LogP contribution in [0.5, 0.6) is 0 Å². The third-order valence-electron chi connectivity index (χ3n) is 7.62. The predicted octanol–water partition coefficient (Wildman–Crippen LogP) is 5.23. The number of rotatable bonds is 8. The minimum atomic E-state index is 0.781. The van der Waals surface area contributed by atoms with Gasteiger partial charge in [-0.05, 0) is 92.6 Å². The molecule has 0 unspecified atom stereocenters. The number of aryl methyl sites for hydroxylation is 1. The van der Waals surface area contributed by atoms with Gasteiger partial charge in [-0.15, -0.1) is 0 Å². The molecule has 2 aliphatic rings. The summed E-state index contributed by atoms with van der Waals surface area (Å²) in [5, 5.41) is 4.38. The number of pyridine rings is 1. The summed E-state index contributed by atoms with van der Waals surface area (Å²) in [5.41, 5.74) is 5.15. The summed E-state index contributed by atoms with van der Waals surface area (Å²) in [6, 6.07) is 13.8. The number of nitrogens with zero attached hydrogens (tertiary/aromatic N) is 5. The lowest BCUT2D eigenvalue weighted by molar-refractivity contribution is 0.106. The van der Waals surface area contributed by atoms with Gasteiger partial charge in [0.25, 0.3) is 0 Å². The van der Waals surface area contributed by atoms with Crippen LogP contribution in [0.3, 0.4) is 0 Å². The zero-order valence-electron chi connectivity index (χ0n) is 19.9. The Hall–Kier alpha value is -2.50. The maximum absolute atomic E-state index is 4.38. The van der Waals surface area contributed by atoms with Crippen molar-refractivity contribution < 1.29 is 0 Å². The van der Waals surface area contributed by atoms with Crippen LogP contribution < -0.4 is 0 Å². The number of benzene rings is 1. The summed E-state index contributed by atoms with van der Waals surface area (Å²) < 4.78 is 1.93. The van der Waals surface area contributed by atoms with Crippen LogP contribution in [0.4, 0.5) is 0 Å². The van der Waals surface area contributed by atoms with Crippen molar-refractivity contribution in [3.05, 3.63) is 77.9 Å². The molecule has 0 N–H and O–H groups in total. The van der Waals surface area contributed by atoms with Crippen molar-refractivity contribution in [3.63, 3.8) is 0 Å². The minimum Gasteiger partial charge on any atom is -0.300 e. The molecule has 0 radical (unpaired) electrons. The molecule has 1 aromatic carbocycles. The molecule has 174 valence electrons. The first-order chi connectivity index (χ1) is 16.2. The molecule has 2 fully saturated rings. The summed E-state index contributed by atoms with van der Waals surface area (Å²) in [6.45, 7) is 7.89. The summed E-state index contributed by atoms with van der Waals surface area (Å²) >= 11 is 0. The van der Waals surface area contributed by atoms with E-state index in [0.29, 0.717) is 0 Å². The van der Waals surface area contributed by atoms with E-state index < -0.39 is 0 Å². The van der Waals surface area contributed by atoms with Crippen molar-refractivity contribution in [2.45, 2.75) is 64.6 Å². The van der Waals surface area contributed by atoms with Gasteiger partial charge in [-0.2, -0.15) is 5.10 Å². The highest BCUT2D eigenvalue weighted by Crippen LogP contribution is 2.29. The third kappa shape index (κ3) is 5.71. The van der Waals surface area contributed by atoms with Crippen molar-refractivity contribution in [1.29, 1.82) is 0 Å². The monoisotopic (exact) mass is 443 g/mol. The fraction of sp³-hybridized carbons (Fsp3) is 0.500. The second-order valence-electron chi connectivity index (χ2n) is 10.0. The summed E-state index contributed by atoms with van der Waals surface area (Å²) in [7, 11) is 0. The first-order valence-corrected chi connectivity index (χ1v) is 12.7. The Bertz CT molecular complexity index is 986. The minimum absolute atomic E-state index is 0.781. The third-order valence-corrected chi connectivity index (χ3v) is 7.62. The largest absolute Gasteiger partial charge is 0.300 e. The van der Waals surface area contributed by atoms with Gasteiger partial charge in [0.1, 0.15) is 0 Å². The molecule has 2 aromatic heterocycles. The Balaban J connectivity index is 1.26. The molecule has 3 aromatic rings. The van der Waals surface area contributed by atoms with E-state index in [1.165, 1.54) is 68.3 Å². The van der Waals surface area contributed by atoms with E-state index in [4.69, 9.17) is 0 Å². The molecule has 1 aliphatic carbocycles. The van der Waals surface area contributed by atoms with E-state index in [0.717, 1.165) is 37.3 Å². The first kappa shape index (κ1) is 22.3. The average molecular weight is 444 g/mol.